The van der Waals surface area contributed by atoms with Gasteiger partial charge in [-0.25, -0.2) is 4.68 Å². The molecule has 1 spiro atoms. The van der Waals surface area contributed by atoms with Crippen molar-refractivity contribution in [3.05, 3.63) is 118 Å². The van der Waals surface area contributed by atoms with Gasteiger partial charge in [-0.1, -0.05) is 73.7 Å². The molecule has 308 valence electrons. The molecule has 2 amide bonds. The number of nitrogens with one attached hydrogen (secondary N) is 1. The van der Waals surface area contributed by atoms with Crippen molar-refractivity contribution in [1.29, 1.82) is 0 Å². The molecule has 1 saturated heterocycles. The first kappa shape index (κ1) is 40.3. The first-order valence-electron chi connectivity index (χ1n) is 20.5. The minimum absolute atomic E-state index is 0.0188. The van der Waals surface area contributed by atoms with Gasteiger partial charge in [-0.15, -0.1) is 0 Å². The summed E-state index contributed by atoms with van der Waals surface area (Å²) in [5.74, 6) is -0.335. The number of ether oxygens (including phenoxy) is 3. The molecule has 4 aromatic carbocycles. The molecule has 5 atom stereocenters. The zero-order chi connectivity index (χ0) is 41.6. The van der Waals surface area contributed by atoms with E-state index in [1.807, 2.05) is 72.8 Å². The molecule has 13 heteroatoms. The molecule has 4 heterocycles. The van der Waals surface area contributed by atoms with Crippen molar-refractivity contribution in [3.8, 4) is 11.4 Å². The molecular formula is C46H52N4O8Si. The molecule has 1 fully saturated rings. The first-order valence-corrected chi connectivity index (χ1v) is 23.5. The van der Waals surface area contributed by atoms with Gasteiger partial charge in [0.1, 0.15) is 5.75 Å². The monoisotopic (exact) mass is 816 g/mol. The summed E-state index contributed by atoms with van der Waals surface area (Å²) in [6, 6.07) is 28.6. The van der Waals surface area contributed by atoms with E-state index in [-0.39, 0.29) is 54.4 Å². The van der Waals surface area contributed by atoms with E-state index in [2.05, 4.69) is 37.2 Å². The van der Waals surface area contributed by atoms with Gasteiger partial charge in [0.15, 0.2) is 5.60 Å². The molecule has 2 N–H and O–H groups in total. The number of H-pyrrole nitrogens is 1. The van der Waals surface area contributed by atoms with Crippen LogP contribution in [0.2, 0.25) is 18.6 Å². The van der Waals surface area contributed by atoms with Crippen LogP contribution in [0.25, 0.3) is 16.6 Å². The molecule has 0 radical (unpaired) electrons. The van der Waals surface area contributed by atoms with Gasteiger partial charge < -0.3 is 29.1 Å². The number of rotatable bonds is 12. The highest BCUT2D eigenvalue weighted by Gasteiger charge is 2.66. The number of carbonyl (C=O) groups excluding carboxylic acids is 3. The number of methoxy groups -OCH3 is 2. The number of aliphatic hydroxyl groups is 1. The van der Waals surface area contributed by atoms with Gasteiger partial charge in [0.25, 0.3) is 11.5 Å². The van der Waals surface area contributed by atoms with Gasteiger partial charge in [-0.2, -0.15) is 0 Å². The number of para-hydroxylation sites is 1. The average Bonchev–Trinajstić information content (AvgIpc) is 3.83. The number of hydrogen-bond acceptors (Lipinski definition) is 8. The van der Waals surface area contributed by atoms with Gasteiger partial charge in [0, 0.05) is 31.0 Å². The maximum atomic E-state index is 15.4. The lowest BCUT2D eigenvalue weighted by Gasteiger charge is -2.39. The second-order valence-corrected chi connectivity index (χ2v) is 21.4. The van der Waals surface area contributed by atoms with Crippen molar-refractivity contribution >= 4 is 47.6 Å². The third-order valence-electron chi connectivity index (χ3n) is 13.2. The Morgan fingerprint density at radius 2 is 1.68 bits per heavy atom. The predicted molar refractivity (Wildman–Crippen MR) is 228 cm³/mol. The van der Waals surface area contributed by atoms with Crippen LogP contribution in [0.4, 0.5) is 5.69 Å². The molecule has 3 aliphatic heterocycles. The molecule has 0 bridgehead atoms. The summed E-state index contributed by atoms with van der Waals surface area (Å²) < 4.78 is 19.2. The number of carbonyl (C=O) groups is 3. The summed E-state index contributed by atoms with van der Waals surface area (Å²) in [6.07, 6.45) is 1.21. The van der Waals surface area contributed by atoms with E-state index in [1.54, 1.807) is 23.0 Å². The van der Waals surface area contributed by atoms with Crippen molar-refractivity contribution in [2.75, 3.05) is 32.3 Å². The number of unbranched alkanes of at least 4 members (excludes halogenated alkanes) is 1. The molecular weight excluding hydrogens is 765 g/mol. The van der Waals surface area contributed by atoms with Gasteiger partial charge in [-0.3, -0.25) is 24.3 Å². The first-order chi connectivity index (χ1) is 28.4. The van der Waals surface area contributed by atoms with E-state index >= 15 is 4.79 Å². The Balaban J connectivity index is 1.23. The molecule has 0 saturated carbocycles. The average molecular weight is 817 g/mol. The number of nitrogens with zero attached hydrogens (tertiary/aromatic N) is 3. The highest BCUT2D eigenvalue weighted by atomic mass is 28.3. The number of benzene rings is 4. The number of esters is 1. The number of amides is 2. The van der Waals surface area contributed by atoms with Crippen molar-refractivity contribution in [3.63, 3.8) is 0 Å². The zero-order valence-corrected chi connectivity index (χ0v) is 35.3. The van der Waals surface area contributed by atoms with Crippen molar-refractivity contribution in [2.24, 2.45) is 5.92 Å². The Bertz CT molecular complexity index is 2460. The normalized spacial score (nSPS) is 22.5. The molecule has 12 nitrogen and oxygen atoms in total. The number of aliphatic hydroxyl groups excluding tert-OH is 1. The number of aromatic nitrogens is 2. The number of anilines is 1. The largest absolute Gasteiger partial charge is 0.497 e. The Morgan fingerprint density at radius 3 is 2.39 bits per heavy atom. The van der Waals surface area contributed by atoms with Crippen molar-refractivity contribution < 1.29 is 33.7 Å². The third-order valence-corrected chi connectivity index (χ3v) is 17.5. The molecule has 3 aliphatic rings. The van der Waals surface area contributed by atoms with Crippen LogP contribution in [0.3, 0.4) is 0 Å². The zero-order valence-electron chi connectivity index (χ0n) is 34.3. The molecule has 0 unspecified atom stereocenters. The summed E-state index contributed by atoms with van der Waals surface area (Å²) in [5.41, 5.74) is 2.82. The smallest absolute Gasteiger partial charge is 0.305 e. The fourth-order valence-corrected chi connectivity index (χ4v) is 14.1. The van der Waals surface area contributed by atoms with Crippen LogP contribution in [0.1, 0.15) is 49.3 Å². The van der Waals surface area contributed by atoms with Crippen LogP contribution in [0.15, 0.2) is 95.8 Å². The lowest BCUT2D eigenvalue weighted by molar-refractivity contribution is -0.151. The summed E-state index contributed by atoms with van der Waals surface area (Å²) in [4.78, 5) is 59.4. The second kappa shape index (κ2) is 15.9. The van der Waals surface area contributed by atoms with E-state index in [0.717, 1.165) is 22.1 Å². The highest BCUT2D eigenvalue weighted by Crippen LogP contribution is 2.60. The number of hydrogen-bond donors (Lipinski definition) is 2. The van der Waals surface area contributed by atoms with Gasteiger partial charge in [0.05, 0.1) is 69.7 Å². The minimum Gasteiger partial charge on any atom is -0.497 e. The third kappa shape index (κ3) is 6.88. The van der Waals surface area contributed by atoms with Gasteiger partial charge >= 0.3 is 5.97 Å². The van der Waals surface area contributed by atoms with Crippen LogP contribution in [-0.4, -0.2) is 85.2 Å². The summed E-state index contributed by atoms with van der Waals surface area (Å²) in [5, 5.41) is 15.5. The van der Waals surface area contributed by atoms with Crippen LogP contribution in [-0.2, 0) is 42.4 Å². The van der Waals surface area contributed by atoms with E-state index < -0.39 is 25.7 Å². The van der Waals surface area contributed by atoms with E-state index in [0.29, 0.717) is 60.2 Å². The van der Waals surface area contributed by atoms with Crippen molar-refractivity contribution in [1.82, 2.24) is 14.7 Å². The molecule has 59 heavy (non-hydrogen) atoms. The lowest BCUT2D eigenvalue weighted by atomic mass is 9.82. The fraction of sp³-hybridized carbons (Fsp3) is 0.391. The maximum absolute atomic E-state index is 15.4. The quantitative estimate of drug-likeness (QED) is 0.0947. The Hall–Kier alpha value is -5.50. The van der Waals surface area contributed by atoms with Gasteiger partial charge in [-0.05, 0) is 78.4 Å². The predicted octanol–water partition coefficient (Wildman–Crippen LogP) is 5.57. The van der Waals surface area contributed by atoms with Crippen LogP contribution < -0.4 is 20.4 Å². The Morgan fingerprint density at radius 1 is 0.949 bits per heavy atom. The topological polar surface area (TPSA) is 143 Å². The summed E-state index contributed by atoms with van der Waals surface area (Å²) in [6.45, 7) is 7.16. The van der Waals surface area contributed by atoms with E-state index in [9.17, 15) is 19.5 Å². The molecule has 1 aromatic heterocycles. The molecule has 8 rings (SSSR count). The maximum Gasteiger partial charge on any atom is 0.305 e. The van der Waals surface area contributed by atoms with Crippen molar-refractivity contribution in [2.45, 2.75) is 82.0 Å². The summed E-state index contributed by atoms with van der Waals surface area (Å²) in [7, 11) is 0.386. The van der Waals surface area contributed by atoms with Crippen LogP contribution in [0.5, 0.6) is 5.75 Å². The molecule has 0 aliphatic carbocycles. The van der Waals surface area contributed by atoms with Crippen LogP contribution >= 0.6 is 0 Å². The Kier molecular flexibility index (Phi) is 10.9. The lowest BCUT2D eigenvalue weighted by Crippen LogP contribution is -2.52. The number of aromatic amines is 1. The van der Waals surface area contributed by atoms with Crippen LogP contribution in [0, 0.1) is 5.92 Å². The SMILES string of the molecule is COC(=O)CCCCN1C(=O)[C@]2(O[C@H](CC(=O)N3Cc4ccccc4C[C@H]3CO)[C@@H]([Si](C)(C)c3ccc(OC)cc3)[C@@H]2C)c2cc(-n3[nH]c4ccccc4c3=O)ccc21. The fourth-order valence-electron chi connectivity index (χ4n) is 10.1. The number of fused-ring (bicyclic) bond motifs is 4. The van der Waals surface area contributed by atoms with E-state index in [1.165, 1.54) is 11.8 Å². The second-order valence-electron chi connectivity index (χ2n) is 16.7. The highest BCUT2D eigenvalue weighted by molar-refractivity contribution is 6.91. The Labute approximate surface area is 344 Å². The van der Waals surface area contributed by atoms with Gasteiger partial charge in [0.2, 0.25) is 5.91 Å². The molecule has 5 aromatic rings. The summed E-state index contributed by atoms with van der Waals surface area (Å²) >= 11 is 0. The minimum atomic E-state index is -2.61. The standard InChI is InChI=1S/C46H52N4O8Si/c1-29-43(59(4,5)35-20-18-34(56-2)19-21-35)40(26-41(52)49-27-31-13-7-6-12-30(31)24-33(49)28-51)58-46(29)37-25-32(50-44(54)36-14-8-9-15-38(36)47-50)17-22-39(37)48(45(46)55)23-11-10-16-42(53)57-3/h6-9,12-15,17-22,25,29,33,40,43,47,51H,10-11,16,23-24,26-28H2,1-5H3/t29-,33-,40+,43-,46+/m0/s1. The van der Waals surface area contributed by atoms with E-state index in [4.69, 9.17) is 14.2 Å².